The van der Waals surface area contributed by atoms with Gasteiger partial charge in [-0.3, -0.25) is 10.1 Å². The molecule has 1 aromatic rings. The van der Waals surface area contributed by atoms with Crippen LogP contribution in [0.3, 0.4) is 0 Å². The summed E-state index contributed by atoms with van der Waals surface area (Å²) in [6.45, 7) is 0.572. The van der Waals surface area contributed by atoms with E-state index in [0.29, 0.717) is 12.4 Å². The molecule has 98 valence electrons. The minimum Gasteiger partial charge on any atom is -0.374 e. The van der Waals surface area contributed by atoms with E-state index in [9.17, 15) is 9.70 Å². The third-order valence-electron chi connectivity index (χ3n) is 3.92. The second-order valence-electron chi connectivity index (χ2n) is 4.82. The summed E-state index contributed by atoms with van der Waals surface area (Å²) in [6, 6.07) is 7.69. The van der Waals surface area contributed by atoms with Gasteiger partial charge in [0, 0.05) is 16.4 Å². The second-order valence-corrected chi connectivity index (χ2v) is 4.82. The maximum Gasteiger partial charge on any atom is 0.318 e. The maximum atomic E-state index is 11.7. The van der Waals surface area contributed by atoms with E-state index in [1.165, 1.54) is 0 Å². The van der Waals surface area contributed by atoms with Crippen molar-refractivity contribution in [2.75, 3.05) is 6.67 Å². The zero-order valence-electron chi connectivity index (χ0n) is 10.4. The zero-order valence-corrected chi connectivity index (χ0v) is 10.4. The van der Waals surface area contributed by atoms with Crippen LogP contribution in [0.2, 0.25) is 0 Å². The summed E-state index contributed by atoms with van der Waals surface area (Å²) in [5, 5.41) is 9.13. The average molecular weight is 266 g/mol. The molecule has 6 heteroatoms. The Kier molecular flexibility index (Phi) is 2.08. The normalized spacial score (nSPS) is 25.5. The molecule has 0 radical (unpaired) electrons. The molecule has 0 bridgehead atoms. The number of hydrogen-bond donors (Lipinski definition) is 2. The highest BCUT2D eigenvalue weighted by molar-refractivity contribution is 6.29. The van der Waals surface area contributed by atoms with Gasteiger partial charge in [0.2, 0.25) is 0 Å². The Balaban J connectivity index is 2.00. The number of aliphatic imine (C=N–C) groups is 1. The lowest BCUT2D eigenvalue weighted by molar-refractivity contribution is -0.114. The first-order chi connectivity index (χ1) is 9.77. The van der Waals surface area contributed by atoms with Crippen molar-refractivity contribution >= 4 is 17.3 Å². The Morgan fingerprint density at radius 1 is 1.30 bits per heavy atom. The average Bonchev–Trinajstić information content (AvgIpc) is 3.06. The third kappa shape index (κ3) is 1.16. The Labute approximate surface area is 114 Å². The van der Waals surface area contributed by atoms with Gasteiger partial charge in [0.1, 0.15) is 5.54 Å². The number of carbonyl (C=O) groups excluding carboxylic acids is 1. The number of nitroso groups, excluding NO2 is 1. The number of amides is 1. The lowest BCUT2D eigenvalue weighted by Gasteiger charge is -2.30. The molecule has 3 aliphatic rings. The van der Waals surface area contributed by atoms with Gasteiger partial charge in [0.05, 0.1) is 23.6 Å². The van der Waals surface area contributed by atoms with Crippen LogP contribution < -0.4 is 10.6 Å². The molecule has 2 aliphatic heterocycles. The van der Waals surface area contributed by atoms with Crippen molar-refractivity contribution in [3.05, 3.63) is 58.2 Å². The number of rotatable bonds is 1. The van der Waals surface area contributed by atoms with Crippen LogP contribution in [0.25, 0.3) is 0 Å². The second kappa shape index (κ2) is 3.71. The highest BCUT2D eigenvalue weighted by Crippen LogP contribution is 2.47. The van der Waals surface area contributed by atoms with E-state index in [2.05, 4.69) is 20.8 Å². The number of fused-ring (bicyclic) bond motifs is 1. The van der Waals surface area contributed by atoms with Crippen molar-refractivity contribution in [1.82, 2.24) is 10.6 Å². The van der Waals surface area contributed by atoms with E-state index >= 15 is 0 Å². The third-order valence-corrected chi connectivity index (χ3v) is 3.92. The number of para-hydroxylation sites is 1. The zero-order chi connectivity index (χ0) is 13.7. The van der Waals surface area contributed by atoms with E-state index in [1.807, 2.05) is 24.3 Å². The molecule has 1 fully saturated rings. The predicted molar refractivity (Wildman–Crippen MR) is 73.3 cm³/mol. The van der Waals surface area contributed by atoms with E-state index in [1.54, 1.807) is 12.2 Å². The van der Waals surface area contributed by atoms with Crippen LogP contribution >= 0.6 is 0 Å². The molecule has 0 aromatic heterocycles. The summed E-state index contributed by atoms with van der Waals surface area (Å²) >= 11 is 0. The largest absolute Gasteiger partial charge is 0.374 e. The van der Waals surface area contributed by atoms with Crippen LogP contribution in [0.15, 0.2) is 57.9 Å². The van der Waals surface area contributed by atoms with Gasteiger partial charge >= 0.3 is 5.91 Å². The molecule has 1 atom stereocenters. The molecular weight excluding hydrogens is 256 g/mol. The molecule has 2 N–H and O–H groups in total. The van der Waals surface area contributed by atoms with E-state index in [4.69, 9.17) is 0 Å². The molecule has 1 spiro atoms. The fourth-order valence-electron chi connectivity index (χ4n) is 3.09. The molecule has 1 aliphatic carbocycles. The number of benzene rings is 1. The van der Waals surface area contributed by atoms with Crippen LogP contribution in [-0.2, 0) is 10.3 Å². The topological polar surface area (TPSA) is 82.9 Å². The van der Waals surface area contributed by atoms with Crippen molar-refractivity contribution in [3.63, 3.8) is 0 Å². The molecule has 20 heavy (non-hydrogen) atoms. The fourth-order valence-corrected chi connectivity index (χ4v) is 3.09. The van der Waals surface area contributed by atoms with Gasteiger partial charge in [0.15, 0.2) is 0 Å². The van der Waals surface area contributed by atoms with Gasteiger partial charge in [0.25, 0.3) is 0 Å². The summed E-state index contributed by atoms with van der Waals surface area (Å²) in [6.07, 6.45) is 3.40. The SMILES string of the molecule is O=NC(=O)C1=CC=C2NCNC23C1=Nc1ccccc13. The molecule has 1 unspecified atom stereocenters. The molecule has 0 saturated carbocycles. The van der Waals surface area contributed by atoms with Gasteiger partial charge in [-0.1, -0.05) is 18.2 Å². The first-order valence-corrected chi connectivity index (χ1v) is 6.25. The highest BCUT2D eigenvalue weighted by atomic mass is 16.3. The van der Waals surface area contributed by atoms with E-state index < -0.39 is 11.4 Å². The van der Waals surface area contributed by atoms with Crippen LogP contribution in [0.1, 0.15) is 5.56 Å². The molecule has 2 heterocycles. The highest BCUT2D eigenvalue weighted by Gasteiger charge is 2.52. The summed E-state index contributed by atoms with van der Waals surface area (Å²) in [5.41, 5.74) is 2.86. The smallest absolute Gasteiger partial charge is 0.318 e. The van der Waals surface area contributed by atoms with Gasteiger partial charge in [-0.25, -0.2) is 4.99 Å². The number of nitrogens with zero attached hydrogens (tertiary/aromatic N) is 2. The summed E-state index contributed by atoms with van der Waals surface area (Å²) < 4.78 is 0. The predicted octanol–water partition coefficient (Wildman–Crippen LogP) is 1.24. The monoisotopic (exact) mass is 266 g/mol. The van der Waals surface area contributed by atoms with Crippen LogP contribution in [0.5, 0.6) is 0 Å². The minimum atomic E-state index is -0.792. The molecule has 1 amide bonds. The summed E-state index contributed by atoms with van der Waals surface area (Å²) in [7, 11) is 0. The lowest BCUT2D eigenvalue weighted by Crippen LogP contribution is -2.46. The standard InChI is InChI=1S/C14H10N4O2/c19-13(18-20)8-5-6-11-14(16-7-15-11)9-3-1-2-4-10(9)17-12(8)14/h1-6,15-16H,7H2. The van der Waals surface area contributed by atoms with E-state index in [0.717, 1.165) is 16.9 Å². The quantitative estimate of drug-likeness (QED) is 0.749. The first kappa shape index (κ1) is 11.2. The number of hydrogen-bond acceptors (Lipinski definition) is 5. The Morgan fingerprint density at radius 3 is 3.00 bits per heavy atom. The number of carbonyl (C=O) groups is 1. The van der Waals surface area contributed by atoms with Crippen LogP contribution in [-0.4, -0.2) is 18.3 Å². The van der Waals surface area contributed by atoms with Crippen LogP contribution in [0.4, 0.5) is 5.69 Å². The number of allylic oxidation sites excluding steroid dienone is 2. The molecular formula is C14H10N4O2. The Bertz CT molecular complexity index is 747. The number of nitrogens with one attached hydrogen (secondary N) is 2. The summed E-state index contributed by atoms with van der Waals surface area (Å²) in [5.74, 6) is -0.792. The Morgan fingerprint density at radius 2 is 2.15 bits per heavy atom. The Hall–Kier alpha value is -2.60. The van der Waals surface area contributed by atoms with Gasteiger partial charge < -0.3 is 5.32 Å². The van der Waals surface area contributed by atoms with Crippen molar-refractivity contribution in [3.8, 4) is 0 Å². The summed E-state index contributed by atoms with van der Waals surface area (Å²) in [4.78, 5) is 26.9. The van der Waals surface area contributed by atoms with Crippen molar-refractivity contribution in [2.45, 2.75) is 5.54 Å². The van der Waals surface area contributed by atoms with E-state index in [-0.39, 0.29) is 5.57 Å². The molecule has 4 rings (SSSR count). The minimum absolute atomic E-state index is 0.246. The van der Waals surface area contributed by atoms with Crippen LogP contribution in [0, 0.1) is 4.91 Å². The molecule has 1 aromatic carbocycles. The van der Waals surface area contributed by atoms with Crippen molar-refractivity contribution < 1.29 is 4.79 Å². The van der Waals surface area contributed by atoms with Crippen molar-refractivity contribution in [1.29, 1.82) is 0 Å². The van der Waals surface area contributed by atoms with Crippen molar-refractivity contribution in [2.24, 2.45) is 10.2 Å². The molecule has 6 nitrogen and oxygen atoms in total. The van der Waals surface area contributed by atoms with Gasteiger partial charge in [-0.15, -0.1) is 4.91 Å². The fraction of sp³-hybridized carbons (Fsp3) is 0.143. The van der Waals surface area contributed by atoms with Gasteiger partial charge in [-0.05, 0) is 18.2 Å². The lowest BCUT2D eigenvalue weighted by atomic mass is 9.78. The first-order valence-electron chi connectivity index (χ1n) is 6.25. The van der Waals surface area contributed by atoms with Gasteiger partial charge in [-0.2, -0.15) is 0 Å². The molecule has 1 saturated heterocycles. The maximum absolute atomic E-state index is 11.7.